The lowest BCUT2D eigenvalue weighted by molar-refractivity contribution is -0.116. The van der Waals surface area contributed by atoms with Crippen LogP contribution in [0.25, 0.3) is 0 Å². The third-order valence-corrected chi connectivity index (χ3v) is 2.93. The molecule has 0 aliphatic rings. The fourth-order valence-electron chi connectivity index (χ4n) is 1.53. The van der Waals surface area contributed by atoms with E-state index in [-0.39, 0.29) is 12.2 Å². The summed E-state index contributed by atoms with van der Waals surface area (Å²) in [4.78, 5) is 22.5. The molecule has 0 aliphatic heterocycles. The highest BCUT2D eigenvalue weighted by Crippen LogP contribution is 2.20. The normalized spacial score (nSPS) is 9.90. The summed E-state index contributed by atoms with van der Waals surface area (Å²) >= 11 is 3.23. The van der Waals surface area contributed by atoms with Gasteiger partial charge < -0.3 is 10.4 Å². The number of carbonyl (C=O) groups excluding carboxylic acids is 1. The van der Waals surface area contributed by atoms with Crippen molar-refractivity contribution < 1.29 is 14.7 Å². The van der Waals surface area contributed by atoms with Crippen LogP contribution in [-0.2, 0) is 11.3 Å². The molecule has 2 rings (SSSR count). The first-order valence-electron chi connectivity index (χ1n) is 5.62. The van der Waals surface area contributed by atoms with Crippen molar-refractivity contribution in [2.75, 3.05) is 5.32 Å². The predicted octanol–water partition coefficient (Wildman–Crippen LogP) is 1.25. The zero-order valence-corrected chi connectivity index (χ0v) is 12.0. The van der Waals surface area contributed by atoms with Crippen LogP contribution >= 0.6 is 15.9 Å². The summed E-state index contributed by atoms with van der Waals surface area (Å²) in [5.41, 5.74) is 0.427. The van der Waals surface area contributed by atoms with E-state index in [0.717, 1.165) is 15.4 Å². The number of rotatable bonds is 4. The molecule has 0 aliphatic carbocycles. The van der Waals surface area contributed by atoms with E-state index in [1.165, 1.54) is 0 Å². The molecule has 0 fully saturated rings. The maximum absolute atomic E-state index is 11.8. The number of hydrogen-bond acceptors (Lipinski definition) is 5. The van der Waals surface area contributed by atoms with Crippen LogP contribution in [0.1, 0.15) is 16.1 Å². The van der Waals surface area contributed by atoms with Crippen LogP contribution in [-0.4, -0.2) is 32.0 Å². The van der Waals surface area contributed by atoms with Gasteiger partial charge in [-0.25, -0.2) is 9.48 Å². The molecule has 0 radical (unpaired) electrons. The monoisotopic (exact) mass is 349 g/mol. The van der Waals surface area contributed by atoms with E-state index in [2.05, 4.69) is 31.6 Å². The molecule has 8 nitrogen and oxygen atoms in total. The van der Waals surface area contributed by atoms with Crippen LogP contribution in [0.4, 0.5) is 5.69 Å². The van der Waals surface area contributed by atoms with Crippen LogP contribution in [0.2, 0.25) is 0 Å². The van der Waals surface area contributed by atoms with Gasteiger partial charge in [0.2, 0.25) is 5.91 Å². The molecule has 9 heteroatoms. The average Bonchev–Trinajstić information content (AvgIpc) is 2.89. The Bertz CT molecular complexity index is 750. The molecular formula is C12H8BrN5O3. The number of aromatic nitrogens is 3. The van der Waals surface area contributed by atoms with Crippen molar-refractivity contribution in [3.05, 3.63) is 40.1 Å². The van der Waals surface area contributed by atoms with Crippen molar-refractivity contribution in [1.29, 1.82) is 5.26 Å². The molecule has 1 aromatic carbocycles. The van der Waals surface area contributed by atoms with Crippen LogP contribution in [0.3, 0.4) is 0 Å². The second kappa shape index (κ2) is 6.15. The number of benzene rings is 1. The molecule has 0 saturated carbocycles. The summed E-state index contributed by atoms with van der Waals surface area (Å²) in [6.07, 6.45) is 1.15. The summed E-state index contributed by atoms with van der Waals surface area (Å²) in [6, 6.07) is 6.82. The van der Waals surface area contributed by atoms with Gasteiger partial charge in [-0.05, 0) is 18.2 Å². The van der Waals surface area contributed by atoms with Gasteiger partial charge in [-0.1, -0.05) is 21.1 Å². The van der Waals surface area contributed by atoms with Crippen molar-refractivity contribution in [1.82, 2.24) is 15.0 Å². The number of carbonyl (C=O) groups is 2. The van der Waals surface area contributed by atoms with E-state index in [9.17, 15) is 9.59 Å². The molecule has 106 valence electrons. The maximum Gasteiger partial charge on any atom is 0.358 e. The van der Waals surface area contributed by atoms with Crippen molar-refractivity contribution in [2.45, 2.75) is 6.54 Å². The highest BCUT2D eigenvalue weighted by atomic mass is 79.9. The fourth-order valence-corrected chi connectivity index (χ4v) is 1.89. The van der Waals surface area contributed by atoms with E-state index in [4.69, 9.17) is 10.4 Å². The Morgan fingerprint density at radius 2 is 2.24 bits per heavy atom. The lowest BCUT2D eigenvalue weighted by atomic mass is 10.2. The lowest BCUT2D eigenvalue weighted by Crippen LogP contribution is -2.19. The zero-order chi connectivity index (χ0) is 15.4. The van der Waals surface area contributed by atoms with Crippen molar-refractivity contribution in [3.63, 3.8) is 0 Å². The first-order valence-corrected chi connectivity index (χ1v) is 6.42. The molecule has 2 aromatic rings. The van der Waals surface area contributed by atoms with Crippen LogP contribution in [0.15, 0.2) is 28.9 Å². The number of aromatic carboxylic acids is 1. The standard InChI is InChI=1S/C12H8BrN5O3/c13-8-1-2-9(7(3-8)4-14)15-11(19)6-18-5-10(12(20)21)16-17-18/h1-3,5H,6H2,(H,15,19)(H,20,21). The second-order valence-corrected chi connectivity index (χ2v) is 4.87. The number of nitriles is 1. The van der Waals surface area contributed by atoms with Gasteiger partial charge in [0, 0.05) is 4.47 Å². The smallest absolute Gasteiger partial charge is 0.358 e. The van der Waals surface area contributed by atoms with Gasteiger partial charge in [-0.3, -0.25) is 4.79 Å². The lowest BCUT2D eigenvalue weighted by Gasteiger charge is -2.07. The molecule has 1 heterocycles. The number of amides is 1. The molecular weight excluding hydrogens is 342 g/mol. The van der Waals surface area contributed by atoms with Gasteiger partial charge in [0.25, 0.3) is 0 Å². The molecule has 0 bridgehead atoms. The largest absolute Gasteiger partial charge is 0.476 e. The Balaban J connectivity index is 2.08. The predicted molar refractivity (Wildman–Crippen MR) is 74.5 cm³/mol. The number of carboxylic acids is 1. The number of hydrogen-bond donors (Lipinski definition) is 2. The Kier molecular flexibility index (Phi) is 4.30. The highest BCUT2D eigenvalue weighted by molar-refractivity contribution is 9.10. The van der Waals surface area contributed by atoms with Crippen LogP contribution < -0.4 is 5.32 Å². The summed E-state index contributed by atoms with van der Waals surface area (Å²) in [7, 11) is 0. The number of halogens is 1. The highest BCUT2D eigenvalue weighted by Gasteiger charge is 2.12. The van der Waals surface area contributed by atoms with Gasteiger partial charge in [-0.15, -0.1) is 5.10 Å². The molecule has 1 aromatic heterocycles. The Morgan fingerprint density at radius 1 is 1.48 bits per heavy atom. The molecule has 0 atom stereocenters. The number of anilines is 1. The molecule has 0 saturated heterocycles. The number of carboxylic acid groups (broad SMARTS) is 1. The minimum Gasteiger partial charge on any atom is -0.476 e. The molecule has 21 heavy (non-hydrogen) atoms. The Labute approximate surface area is 127 Å². The summed E-state index contributed by atoms with van der Waals surface area (Å²) in [5, 5.41) is 27.2. The maximum atomic E-state index is 11.8. The Hall–Kier alpha value is -2.73. The summed E-state index contributed by atoms with van der Waals surface area (Å²) in [6.45, 7) is -0.207. The average molecular weight is 350 g/mol. The quantitative estimate of drug-likeness (QED) is 0.856. The van der Waals surface area contributed by atoms with E-state index in [1.54, 1.807) is 18.2 Å². The van der Waals surface area contributed by atoms with Gasteiger partial charge in [-0.2, -0.15) is 5.26 Å². The van der Waals surface area contributed by atoms with Crippen LogP contribution in [0.5, 0.6) is 0 Å². The summed E-state index contributed by atoms with van der Waals surface area (Å²) < 4.78 is 1.82. The first kappa shape index (κ1) is 14.7. The third kappa shape index (κ3) is 3.64. The van der Waals surface area contributed by atoms with Gasteiger partial charge in [0.1, 0.15) is 12.6 Å². The van der Waals surface area contributed by atoms with E-state index < -0.39 is 11.9 Å². The minimum absolute atomic E-state index is 0.207. The topological polar surface area (TPSA) is 121 Å². The van der Waals surface area contributed by atoms with Crippen LogP contribution in [0, 0.1) is 11.3 Å². The minimum atomic E-state index is -1.22. The molecule has 0 unspecified atom stereocenters. The molecule has 0 spiro atoms. The fraction of sp³-hybridized carbons (Fsp3) is 0.0833. The van der Waals surface area contributed by atoms with Crippen molar-refractivity contribution in [3.8, 4) is 6.07 Å². The number of nitrogens with zero attached hydrogens (tertiary/aromatic N) is 4. The van der Waals surface area contributed by atoms with E-state index in [1.807, 2.05) is 6.07 Å². The first-order chi connectivity index (χ1) is 9.99. The SMILES string of the molecule is N#Cc1cc(Br)ccc1NC(=O)Cn1cc(C(=O)O)nn1. The third-order valence-electron chi connectivity index (χ3n) is 2.44. The second-order valence-electron chi connectivity index (χ2n) is 3.96. The van der Waals surface area contributed by atoms with E-state index >= 15 is 0 Å². The Morgan fingerprint density at radius 3 is 2.86 bits per heavy atom. The van der Waals surface area contributed by atoms with Crippen molar-refractivity contribution in [2.24, 2.45) is 0 Å². The molecule has 2 N–H and O–H groups in total. The molecule has 1 amide bonds. The van der Waals surface area contributed by atoms with Gasteiger partial charge in [0.05, 0.1) is 17.4 Å². The van der Waals surface area contributed by atoms with Gasteiger partial charge >= 0.3 is 5.97 Å². The summed E-state index contributed by atoms with van der Waals surface area (Å²) in [5.74, 6) is -1.67. The van der Waals surface area contributed by atoms with Gasteiger partial charge in [0.15, 0.2) is 5.69 Å². The number of nitrogens with one attached hydrogen (secondary N) is 1. The zero-order valence-electron chi connectivity index (χ0n) is 10.4. The van der Waals surface area contributed by atoms with Crippen molar-refractivity contribution >= 4 is 33.5 Å². The van der Waals surface area contributed by atoms with E-state index in [0.29, 0.717) is 11.3 Å².